The van der Waals surface area contributed by atoms with Crippen molar-refractivity contribution in [3.8, 4) is 0 Å². The van der Waals surface area contributed by atoms with E-state index in [0.29, 0.717) is 40.9 Å². The van der Waals surface area contributed by atoms with E-state index in [4.69, 9.17) is 11.6 Å². The van der Waals surface area contributed by atoms with Gasteiger partial charge in [0.25, 0.3) is 0 Å². The van der Waals surface area contributed by atoms with Crippen LogP contribution in [0.1, 0.15) is 73.2 Å². The summed E-state index contributed by atoms with van der Waals surface area (Å²) in [5.41, 5.74) is 5.64. The third-order valence-electron chi connectivity index (χ3n) is 8.16. The second-order valence-electron chi connectivity index (χ2n) is 11.3. The van der Waals surface area contributed by atoms with Crippen molar-refractivity contribution >= 4 is 40.8 Å². The van der Waals surface area contributed by atoms with Crippen LogP contribution in [-0.2, 0) is 4.79 Å². The van der Waals surface area contributed by atoms with Crippen LogP contribution in [-0.4, -0.2) is 68.6 Å². The molecule has 0 aliphatic carbocycles. The summed E-state index contributed by atoms with van der Waals surface area (Å²) in [5, 5.41) is 14.0. The zero-order valence-electron chi connectivity index (χ0n) is 23.9. The number of carbonyl (C=O) groups is 1. The zero-order chi connectivity index (χ0) is 28.1. The lowest BCUT2D eigenvalue weighted by Gasteiger charge is -2.33. The van der Waals surface area contributed by atoms with Crippen LogP contribution in [0.3, 0.4) is 0 Å². The van der Waals surface area contributed by atoms with E-state index in [-0.39, 0.29) is 0 Å². The summed E-state index contributed by atoms with van der Waals surface area (Å²) in [6, 6.07) is 6.33. The van der Waals surface area contributed by atoms with Gasteiger partial charge in [-0.3, -0.25) is 9.89 Å². The monoisotopic (exact) mass is 564 g/mol. The smallest absolute Gasteiger partial charge is 0.229 e. The van der Waals surface area contributed by atoms with Crippen molar-refractivity contribution in [3.05, 3.63) is 51.8 Å². The Bertz CT molecular complexity index is 1310. The van der Waals surface area contributed by atoms with Gasteiger partial charge in [-0.1, -0.05) is 24.1 Å². The maximum Gasteiger partial charge on any atom is 0.229 e. The van der Waals surface area contributed by atoms with E-state index >= 15 is 0 Å². The first-order valence-corrected chi connectivity index (χ1v) is 14.9. The molecule has 9 nitrogen and oxygen atoms in total. The number of carbonyl (C=O) groups excluding carboxylic acids is 1. The number of aryl methyl sites for hydroxylation is 3. The van der Waals surface area contributed by atoms with Crippen LogP contribution in [0.15, 0.2) is 24.4 Å². The Morgan fingerprint density at radius 1 is 1.02 bits per heavy atom. The summed E-state index contributed by atoms with van der Waals surface area (Å²) in [6.45, 7) is 11.3. The molecule has 1 aromatic carbocycles. The van der Waals surface area contributed by atoms with E-state index < -0.39 is 0 Å². The quantitative estimate of drug-likeness (QED) is 0.283. The molecule has 2 fully saturated rings. The predicted molar refractivity (Wildman–Crippen MR) is 161 cm³/mol. The molecule has 0 saturated carbocycles. The predicted octanol–water partition coefficient (Wildman–Crippen LogP) is 6.24. The third-order valence-corrected chi connectivity index (χ3v) is 8.43. The Kier molecular flexibility index (Phi) is 9.22. The van der Waals surface area contributed by atoms with Crippen LogP contribution in [0.4, 0.5) is 23.3 Å². The minimum Gasteiger partial charge on any atom is -0.343 e. The van der Waals surface area contributed by atoms with Crippen molar-refractivity contribution in [1.82, 2.24) is 30.0 Å². The van der Waals surface area contributed by atoms with E-state index in [9.17, 15) is 4.79 Å². The molecule has 40 heavy (non-hydrogen) atoms. The summed E-state index contributed by atoms with van der Waals surface area (Å²) >= 11 is 6.33. The average Bonchev–Trinajstić information content (AvgIpc) is 3.37. The van der Waals surface area contributed by atoms with Crippen LogP contribution in [0.5, 0.6) is 0 Å². The highest BCUT2D eigenvalue weighted by atomic mass is 35.5. The van der Waals surface area contributed by atoms with Crippen molar-refractivity contribution in [2.24, 2.45) is 0 Å². The lowest BCUT2D eigenvalue weighted by molar-refractivity contribution is -0.132. The molecule has 0 bridgehead atoms. The first-order valence-electron chi connectivity index (χ1n) is 14.6. The van der Waals surface area contributed by atoms with Gasteiger partial charge in [-0.2, -0.15) is 10.1 Å². The fourth-order valence-corrected chi connectivity index (χ4v) is 6.03. The van der Waals surface area contributed by atoms with Crippen molar-refractivity contribution in [2.75, 3.05) is 43.4 Å². The first-order chi connectivity index (χ1) is 19.4. The normalized spacial score (nSPS) is 16.8. The molecule has 0 unspecified atom stereocenters. The molecular weight excluding hydrogens is 524 g/mol. The number of hydrogen-bond acceptors (Lipinski definition) is 7. The fourth-order valence-electron chi connectivity index (χ4n) is 5.89. The van der Waals surface area contributed by atoms with Gasteiger partial charge in [-0.25, -0.2) is 4.98 Å². The van der Waals surface area contributed by atoms with Crippen LogP contribution >= 0.6 is 11.6 Å². The summed E-state index contributed by atoms with van der Waals surface area (Å²) in [7, 11) is 0. The SMILES string of the molecule is Cc1cc(Nc2nc(Nc3cc(C)c(C4CCN(C(=O)CCCN5CCCCC5)CC4)cc3C)ncc2Cl)n[nH]1. The fraction of sp³-hybridized carbons (Fsp3) is 0.533. The molecule has 10 heteroatoms. The lowest BCUT2D eigenvalue weighted by Crippen LogP contribution is -2.38. The van der Waals surface area contributed by atoms with Gasteiger partial charge < -0.3 is 20.4 Å². The molecule has 1 amide bonds. The molecule has 0 atom stereocenters. The van der Waals surface area contributed by atoms with E-state index in [2.05, 4.69) is 66.6 Å². The molecule has 2 aliphatic rings. The number of likely N-dealkylation sites (tertiary alicyclic amines) is 2. The zero-order valence-corrected chi connectivity index (χ0v) is 24.7. The molecule has 2 saturated heterocycles. The van der Waals surface area contributed by atoms with Crippen LogP contribution in [0.25, 0.3) is 0 Å². The Labute approximate surface area is 242 Å². The number of halogens is 1. The number of nitrogens with one attached hydrogen (secondary N) is 3. The molecule has 3 aromatic rings. The molecule has 4 heterocycles. The van der Waals surface area contributed by atoms with Crippen LogP contribution < -0.4 is 10.6 Å². The van der Waals surface area contributed by atoms with Gasteiger partial charge in [0.2, 0.25) is 11.9 Å². The number of rotatable bonds is 9. The highest BCUT2D eigenvalue weighted by molar-refractivity contribution is 6.32. The highest BCUT2D eigenvalue weighted by Gasteiger charge is 2.25. The van der Waals surface area contributed by atoms with Crippen molar-refractivity contribution < 1.29 is 4.79 Å². The molecule has 2 aliphatic heterocycles. The Morgan fingerprint density at radius 3 is 2.52 bits per heavy atom. The standard InChI is InChI=1S/C30H41ClN8O/c1-20-17-26(33-30-32-19-25(31)29(35-30)34-27-18-22(3)36-37-27)21(2)16-24(20)23-9-14-39(15-10-23)28(40)8-7-13-38-11-5-4-6-12-38/h16-19,23H,4-15H2,1-3H3,(H3,32,33,34,35,36,37). The van der Waals surface area contributed by atoms with E-state index in [1.165, 1.54) is 43.5 Å². The molecule has 5 rings (SSSR count). The summed E-state index contributed by atoms with van der Waals surface area (Å²) in [4.78, 5) is 26.4. The molecule has 0 spiro atoms. The molecule has 214 valence electrons. The number of anilines is 4. The Morgan fingerprint density at radius 2 is 1.80 bits per heavy atom. The number of hydrogen-bond donors (Lipinski definition) is 3. The van der Waals surface area contributed by atoms with Gasteiger partial charge in [0, 0.05) is 37.0 Å². The number of piperidine rings is 2. The van der Waals surface area contributed by atoms with Gasteiger partial charge in [0.05, 0.1) is 6.20 Å². The van der Waals surface area contributed by atoms with Gasteiger partial charge in [0.1, 0.15) is 5.02 Å². The van der Waals surface area contributed by atoms with Crippen molar-refractivity contribution in [3.63, 3.8) is 0 Å². The molecular formula is C30H41ClN8O. The second kappa shape index (κ2) is 13.0. The topological polar surface area (TPSA) is 102 Å². The molecule has 0 radical (unpaired) electrons. The number of H-pyrrole nitrogens is 1. The maximum absolute atomic E-state index is 12.8. The highest BCUT2D eigenvalue weighted by Crippen LogP contribution is 2.34. The number of nitrogens with zero attached hydrogens (tertiary/aromatic N) is 5. The lowest BCUT2D eigenvalue weighted by atomic mass is 9.85. The van der Waals surface area contributed by atoms with Crippen LogP contribution in [0.2, 0.25) is 5.02 Å². The first kappa shape index (κ1) is 28.4. The van der Waals surface area contributed by atoms with E-state index in [1.54, 1.807) is 6.20 Å². The number of amides is 1. The Hall–Kier alpha value is -3.17. The van der Waals surface area contributed by atoms with Gasteiger partial charge in [0.15, 0.2) is 11.6 Å². The van der Waals surface area contributed by atoms with E-state index in [1.807, 2.05) is 13.0 Å². The summed E-state index contributed by atoms with van der Waals surface area (Å²) in [5.74, 6) is 2.38. The van der Waals surface area contributed by atoms with Gasteiger partial charge >= 0.3 is 0 Å². The summed E-state index contributed by atoms with van der Waals surface area (Å²) < 4.78 is 0. The van der Waals surface area contributed by atoms with Crippen LogP contribution in [0, 0.1) is 20.8 Å². The number of benzene rings is 1. The number of aromatic nitrogens is 4. The largest absolute Gasteiger partial charge is 0.343 e. The average molecular weight is 565 g/mol. The maximum atomic E-state index is 12.8. The minimum absolute atomic E-state index is 0.321. The number of aromatic amines is 1. The van der Waals surface area contributed by atoms with Gasteiger partial charge in [-0.05, 0) is 101 Å². The third kappa shape index (κ3) is 7.12. The Balaban J connectivity index is 1.16. The second-order valence-corrected chi connectivity index (χ2v) is 11.7. The van der Waals surface area contributed by atoms with Gasteiger partial charge in [-0.15, -0.1) is 0 Å². The van der Waals surface area contributed by atoms with Crippen molar-refractivity contribution in [2.45, 2.75) is 71.6 Å². The molecule has 3 N–H and O–H groups in total. The minimum atomic E-state index is 0.321. The van der Waals surface area contributed by atoms with E-state index in [0.717, 1.165) is 55.8 Å². The molecule has 2 aromatic heterocycles. The van der Waals surface area contributed by atoms with Crippen molar-refractivity contribution in [1.29, 1.82) is 0 Å². The summed E-state index contributed by atoms with van der Waals surface area (Å²) in [6.07, 6.45) is 9.20.